The first-order valence-corrected chi connectivity index (χ1v) is 8.76. The van der Waals surface area contributed by atoms with Crippen molar-refractivity contribution in [3.8, 4) is 0 Å². The van der Waals surface area contributed by atoms with E-state index in [1.807, 2.05) is 0 Å². The number of rotatable bonds is 6. The van der Waals surface area contributed by atoms with E-state index in [1.54, 1.807) is 0 Å². The van der Waals surface area contributed by atoms with Gasteiger partial charge in [-0.15, -0.1) is 11.8 Å². The number of nitro benzene ring substituents is 1. The number of amides is 1. The van der Waals surface area contributed by atoms with E-state index in [4.69, 9.17) is 10.7 Å². The van der Waals surface area contributed by atoms with E-state index in [9.17, 15) is 23.3 Å². The van der Waals surface area contributed by atoms with Gasteiger partial charge in [0.2, 0.25) is 9.05 Å². The number of thioether (sulfide) groups is 1. The number of nitrogens with zero attached hydrogens (tertiary/aromatic N) is 1. The Labute approximate surface area is 124 Å². The zero-order valence-corrected chi connectivity index (χ0v) is 12.7. The Kier molecular flexibility index (Phi) is 5.78. The molecular formula is C10H11ClN2O5S2. The molecule has 0 atom stereocenters. The van der Waals surface area contributed by atoms with E-state index >= 15 is 0 Å². The summed E-state index contributed by atoms with van der Waals surface area (Å²) >= 11 is 0.993. The van der Waals surface area contributed by atoms with Gasteiger partial charge < -0.3 is 5.32 Å². The van der Waals surface area contributed by atoms with Gasteiger partial charge in [-0.2, -0.15) is 0 Å². The number of hydrogen-bond acceptors (Lipinski definition) is 6. The van der Waals surface area contributed by atoms with Crippen molar-refractivity contribution in [3.63, 3.8) is 0 Å². The quantitative estimate of drug-likeness (QED) is 0.365. The number of benzene rings is 1. The Morgan fingerprint density at radius 3 is 2.65 bits per heavy atom. The van der Waals surface area contributed by atoms with Gasteiger partial charge in [0, 0.05) is 35.1 Å². The number of nitro groups is 1. The lowest BCUT2D eigenvalue weighted by Crippen LogP contribution is -2.17. The molecule has 0 spiro atoms. The SMILES string of the molecule is CNC(=O)c1ccc(SCCS(=O)(=O)Cl)c([N+](=O)[O-])c1. The highest BCUT2D eigenvalue weighted by atomic mass is 35.7. The summed E-state index contributed by atoms with van der Waals surface area (Å²) in [6.07, 6.45) is 0. The van der Waals surface area contributed by atoms with Gasteiger partial charge in [0.05, 0.1) is 15.6 Å². The molecule has 0 fully saturated rings. The fourth-order valence-corrected chi connectivity index (χ4v) is 3.68. The van der Waals surface area contributed by atoms with E-state index in [0.717, 1.165) is 17.8 Å². The van der Waals surface area contributed by atoms with Crippen LogP contribution >= 0.6 is 22.4 Å². The molecule has 0 saturated carbocycles. The summed E-state index contributed by atoms with van der Waals surface area (Å²) in [5.41, 5.74) is -0.0865. The molecular weight excluding hydrogens is 328 g/mol. The minimum absolute atomic E-state index is 0.0893. The number of nitrogens with one attached hydrogen (secondary N) is 1. The summed E-state index contributed by atoms with van der Waals surface area (Å²) in [5, 5.41) is 13.3. The summed E-state index contributed by atoms with van der Waals surface area (Å²) in [6, 6.07) is 3.99. The Bertz CT molecular complexity index is 633. The van der Waals surface area contributed by atoms with Crippen LogP contribution in [0.5, 0.6) is 0 Å². The predicted octanol–water partition coefficient (Wildman–Crippen LogP) is 1.62. The third-order valence-electron chi connectivity index (χ3n) is 2.23. The number of hydrogen-bond donors (Lipinski definition) is 1. The molecule has 1 aromatic rings. The van der Waals surface area contributed by atoms with Crippen molar-refractivity contribution >= 4 is 43.1 Å². The second-order valence-electron chi connectivity index (χ2n) is 3.61. The molecule has 20 heavy (non-hydrogen) atoms. The van der Waals surface area contributed by atoms with Gasteiger partial charge in [-0.25, -0.2) is 8.42 Å². The summed E-state index contributed by atoms with van der Waals surface area (Å²) in [5.74, 6) is -0.646. The average Bonchev–Trinajstić information content (AvgIpc) is 2.36. The van der Waals surface area contributed by atoms with Crippen molar-refractivity contribution in [2.45, 2.75) is 4.90 Å². The smallest absolute Gasteiger partial charge is 0.283 e. The van der Waals surface area contributed by atoms with Crippen molar-refractivity contribution in [1.29, 1.82) is 0 Å². The molecule has 0 unspecified atom stereocenters. The molecule has 1 N–H and O–H groups in total. The highest BCUT2D eigenvalue weighted by molar-refractivity contribution is 8.14. The Morgan fingerprint density at radius 2 is 2.15 bits per heavy atom. The lowest BCUT2D eigenvalue weighted by atomic mass is 10.2. The second kappa shape index (κ2) is 6.91. The van der Waals surface area contributed by atoms with E-state index in [-0.39, 0.29) is 27.7 Å². The molecule has 0 aromatic heterocycles. The molecule has 1 rings (SSSR count). The topological polar surface area (TPSA) is 106 Å². The van der Waals surface area contributed by atoms with Crippen LogP contribution in [0.3, 0.4) is 0 Å². The van der Waals surface area contributed by atoms with Crippen molar-refractivity contribution in [2.24, 2.45) is 0 Å². The lowest BCUT2D eigenvalue weighted by Gasteiger charge is -2.04. The molecule has 0 heterocycles. The van der Waals surface area contributed by atoms with Gasteiger partial charge in [-0.1, -0.05) is 0 Å². The fraction of sp³-hybridized carbons (Fsp3) is 0.300. The van der Waals surface area contributed by atoms with Crippen molar-refractivity contribution in [2.75, 3.05) is 18.6 Å². The largest absolute Gasteiger partial charge is 0.355 e. The third-order valence-corrected chi connectivity index (χ3v) is 4.71. The van der Waals surface area contributed by atoms with Gasteiger partial charge in [0.15, 0.2) is 0 Å². The summed E-state index contributed by atoms with van der Waals surface area (Å²) in [6.45, 7) is 0. The van der Waals surface area contributed by atoms with Gasteiger partial charge in [0.1, 0.15) is 0 Å². The van der Waals surface area contributed by atoms with Gasteiger partial charge >= 0.3 is 0 Å². The van der Waals surface area contributed by atoms with Crippen LogP contribution in [0.25, 0.3) is 0 Å². The van der Waals surface area contributed by atoms with Crippen LogP contribution in [0, 0.1) is 10.1 Å². The Morgan fingerprint density at radius 1 is 1.50 bits per heavy atom. The third kappa shape index (κ3) is 4.99. The minimum atomic E-state index is -3.64. The normalized spacial score (nSPS) is 11.1. The van der Waals surface area contributed by atoms with E-state index in [2.05, 4.69) is 5.32 Å². The molecule has 110 valence electrons. The van der Waals surface area contributed by atoms with Gasteiger partial charge in [0.25, 0.3) is 11.6 Å². The maximum Gasteiger partial charge on any atom is 0.283 e. The molecule has 0 aliphatic carbocycles. The highest BCUT2D eigenvalue weighted by Gasteiger charge is 2.18. The maximum absolute atomic E-state index is 11.4. The zero-order valence-electron chi connectivity index (χ0n) is 10.3. The Hall–Kier alpha value is -1.32. The van der Waals surface area contributed by atoms with Crippen LogP contribution in [0.4, 0.5) is 5.69 Å². The van der Waals surface area contributed by atoms with Crippen LogP contribution in [-0.4, -0.2) is 37.8 Å². The monoisotopic (exact) mass is 338 g/mol. The van der Waals surface area contributed by atoms with E-state index in [0.29, 0.717) is 0 Å². The van der Waals surface area contributed by atoms with Crippen LogP contribution < -0.4 is 5.32 Å². The van der Waals surface area contributed by atoms with Gasteiger partial charge in [-0.05, 0) is 12.1 Å². The summed E-state index contributed by atoms with van der Waals surface area (Å²) < 4.78 is 21.6. The van der Waals surface area contributed by atoms with Crippen LogP contribution in [0.1, 0.15) is 10.4 Å². The van der Waals surface area contributed by atoms with Crippen molar-refractivity contribution < 1.29 is 18.1 Å². The molecule has 0 bridgehead atoms. The Balaban J connectivity index is 2.96. The minimum Gasteiger partial charge on any atom is -0.355 e. The standard InChI is InChI=1S/C10H11ClN2O5S2/c1-12-10(14)7-2-3-9(8(6-7)13(15)16)19-4-5-20(11,17)18/h2-3,6H,4-5H2,1H3,(H,12,14). The first-order chi connectivity index (χ1) is 9.24. The lowest BCUT2D eigenvalue weighted by molar-refractivity contribution is -0.387. The molecule has 0 aliphatic heterocycles. The van der Waals surface area contributed by atoms with Crippen LogP contribution in [-0.2, 0) is 9.05 Å². The molecule has 1 aromatic carbocycles. The van der Waals surface area contributed by atoms with Crippen LogP contribution in [0.15, 0.2) is 23.1 Å². The first kappa shape index (κ1) is 16.7. The van der Waals surface area contributed by atoms with Gasteiger partial charge in [-0.3, -0.25) is 14.9 Å². The van der Waals surface area contributed by atoms with Crippen LogP contribution in [0.2, 0.25) is 0 Å². The maximum atomic E-state index is 11.4. The molecule has 0 radical (unpaired) electrons. The predicted molar refractivity (Wildman–Crippen MR) is 76.9 cm³/mol. The van der Waals surface area contributed by atoms with E-state index in [1.165, 1.54) is 19.2 Å². The van der Waals surface area contributed by atoms with Crippen molar-refractivity contribution in [1.82, 2.24) is 5.32 Å². The summed E-state index contributed by atoms with van der Waals surface area (Å²) in [4.78, 5) is 22.0. The fourth-order valence-electron chi connectivity index (χ4n) is 1.32. The zero-order chi connectivity index (χ0) is 15.3. The molecule has 7 nitrogen and oxygen atoms in total. The molecule has 1 amide bonds. The van der Waals surface area contributed by atoms with E-state index < -0.39 is 19.9 Å². The average molecular weight is 339 g/mol. The highest BCUT2D eigenvalue weighted by Crippen LogP contribution is 2.30. The molecule has 0 aliphatic rings. The molecule has 0 saturated heterocycles. The molecule has 10 heteroatoms. The first-order valence-electron chi connectivity index (χ1n) is 5.30. The number of carbonyl (C=O) groups excluding carboxylic acids is 1. The summed E-state index contributed by atoms with van der Waals surface area (Å²) in [7, 11) is 2.84. The number of halogens is 1. The van der Waals surface area contributed by atoms with Crippen molar-refractivity contribution in [3.05, 3.63) is 33.9 Å². The number of carbonyl (C=O) groups is 1. The second-order valence-corrected chi connectivity index (χ2v) is 7.64.